The first kappa shape index (κ1) is 15.1. The van der Waals surface area contributed by atoms with Crippen molar-refractivity contribution in [2.24, 2.45) is 0 Å². The lowest BCUT2D eigenvalue weighted by molar-refractivity contribution is 0.295. The van der Waals surface area contributed by atoms with Crippen LogP contribution in [-0.4, -0.2) is 40.5 Å². The van der Waals surface area contributed by atoms with Gasteiger partial charge in [0.1, 0.15) is 0 Å². The molecule has 15 heavy (non-hydrogen) atoms. The van der Waals surface area contributed by atoms with Crippen LogP contribution in [0.25, 0.3) is 0 Å². The van der Waals surface area contributed by atoms with Crippen LogP contribution in [0.3, 0.4) is 0 Å². The Bertz CT molecular complexity index is 147. The number of rotatable bonds is 9. The van der Waals surface area contributed by atoms with Gasteiger partial charge in [0.15, 0.2) is 8.32 Å². The molecule has 2 nitrogen and oxygen atoms in total. The molecule has 0 rings (SSSR count). The molecule has 0 saturated heterocycles. The minimum Gasteiger partial charge on any atom is -0.417 e. The van der Waals surface area contributed by atoms with E-state index in [1.807, 2.05) is 0 Å². The normalized spacial score (nSPS) is 12.4. The van der Waals surface area contributed by atoms with Gasteiger partial charge in [0.2, 0.25) is 0 Å². The van der Waals surface area contributed by atoms with Crippen LogP contribution in [0.15, 0.2) is 0 Å². The lowest BCUT2D eigenvalue weighted by Gasteiger charge is -2.29. The van der Waals surface area contributed by atoms with Crippen LogP contribution in [0.1, 0.15) is 33.6 Å². The first-order valence-corrected chi connectivity index (χ1v) is 8.92. The summed E-state index contributed by atoms with van der Waals surface area (Å²) in [6.45, 7) is 8.98. The summed E-state index contributed by atoms with van der Waals surface area (Å²) < 4.78 is 6.18. The largest absolute Gasteiger partial charge is 0.417 e. The van der Waals surface area contributed by atoms with Crippen LogP contribution in [0.2, 0.25) is 18.1 Å². The van der Waals surface area contributed by atoms with Crippen LogP contribution < -0.4 is 0 Å². The highest BCUT2D eigenvalue weighted by Crippen LogP contribution is 2.24. The summed E-state index contributed by atoms with van der Waals surface area (Å²) >= 11 is 0. The summed E-state index contributed by atoms with van der Waals surface area (Å²) in [7, 11) is 2.94. The summed E-state index contributed by atoms with van der Waals surface area (Å²) in [5.41, 5.74) is 0. The van der Waals surface area contributed by atoms with E-state index in [4.69, 9.17) is 4.43 Å². The Kier molecular flexibility index (Phi) is 8.38. The Labute approximate surface area is 97.1 Å². The lowest BCUT2D eigenvalue weighted by atomic mass is 10.5. The third-order valence-corrected chi connectivity index (χ3v) is 7.80. The summed E-state index contributed by atoms with van der Waals surface area (Å²) in [4.78, 5) is 2.27. The summed E-state index contributed by atoms with van der Waals surface area (Å²) in [5, 5.41) is 0. The zero-order valence-corrected chi connectivity index (χ0v) is 12.3. The first-order valence-electron chi connectivity index (χ1n) is 6.39. The van der Waals surface area contributed by atoms with Crippen molar-refractivity contribution >= 4 is 8.32 Å². The van der Waals surface area contributed by atoms with Crippen LogP contribution in [0.5, 0.6) is 0 Å². The van der Waals surface area contributed by atoms with Gasteiger partial charge in [0.25, 0.3) is 0 Å². The SMILES string of the molecule is CCCO[Si](CC)(CC)CCCN(C)C. The first-order chi connectivity index (χ1) is 7.10. The molecule has 0 fully saturated rings. The van der Waals surface area contributed by atoms with E-state index >= 15 is 0 Å². The number of hydrogen-bond acceptors (Lipinski definition) is 2. The quantitative estimate of drug-likeness (QED) is 0.564. The smallest absolute Gasteiger partial charge is 0.192 e. The molecular formula is C12H29NOSi. The van der Waals surface area contributed by atoms with Crippen LogP contribution in [0.4, 0.5) is 0 Å². The molecule has 0 heterocycles. The average molecular weight is 231 g/mol. The van der Waals surface area contributed by atoms with E-state index < -0.39 is 8.32 Å². The minimum atomic E-state index is -1.36. The molecule has 92 valence electrons. The number of nitrogens with zero attached hydrogens (tertiary/aromatic N) is 1. The van der Waals surface area contributed by atoms with Crippen LogP contribution in [-0.2, 0) is 4.43 Å². The van der Waals surface area contributed by atoms with Gasteiger partial charge in [0, 0.05) is 6.61 Å². The molecule has 0 bridgehead atoms. The third-order valence-electron chi connectivity index (χ3n) is 3.14. The molecule has 0 aliphatic carbocycles. The molecule has 0 amide bonds. The van der Waals surface area contributed by atoms with E-state index in [0.717, 1.165) is 13.0 Å². The standard InChI is InChI=1S/C12H29NOSi/c1-6-11-14-15(7-2,8-3)12-9-10-13(4)5/h6-12H2,1-5H3. The second-order valence-corrected chi connectivity index (χ2v) is 9.21. The van der Waals surface area contributed by atoms with Gasteiger partial charge in [-0.25, -0.2) is 0 Å². The summed E-state index contributed by atoms with van der Waals surface area (Å²) in [6.07, 6.45) is 2.45. The fraction of sp³-hybridized carbons (Fsp3) is 1.00. The highest BCUT2D eigenvalue weighted by Gasteiger charge is 2.29. The summed E-state index contributed by atoms with van der Waals surface area (Å²) in [5.74, 6) is 0. The molecule has 0 unspecified atom stereocenters. The molecule has 0 saturated carbocycles. The van der Waals surface area contributed by atoms with Crippen molar-refractivity contribution in [2.75, 3.05) is 27.2 Å². The van der Waals surface area contributed by atoms with Crippen molar-refractivity contribution in [2.45, 2.75) is 51.7 Å². The monoisotopic (exact) mass is 231 g/mol. The Balaban J connectivity index is 3.99. The Morgan fingerprint density at radius 3 is 2.07 bits per heavy atom. The Morgan fingerprint density at radius 1 is 1.07 bits per heavy atom. The Hall–Kier alpha value is 0.137. The van der Waals surface area contributed by atoms with Gasteiger partial charge in [-0.3, -0.25) is 0 Å². The van der Waals surface area contributed by atoms with Gasteiger partial charge in [-0.2, -0.15) is 0 Å². The lowest BCUT2D eigenvalue weighted by Crippen LogP contribution is -2.37. The fourth-order valence-electron chi connectivity index (χ4n) is 1.92. The Morgan fingerprint density at radius 2 is 1.67 bits per heavy atom. The van der Waals surface area contributed by atoms with E-state index in [2.05, 4.69) is 39.8 Å². The van der Waals surface area contributed by atoms with Crippen molar-refractivity contribution in [3.63, 3.8) is 0 Å². The predicted octanol–water partition coefficient (Wildman–Crippen LogP) is 3.35. The van der Waals surface area contributed by atoms with Gasteiger partial charge < -0.3 is 9.33 Å². The maximum atomic E-state index is 6.18. The van der Waals surface area contributed by atoms with Crippen molar-refractivity contribution in [3.05, 3.63) is 0 Å². The zero-order chi connectivity index (χ0) is 11.7. The zero-order valence-electron chi connectivity index (χ0n) is 11.3. The van der Waals surface area contributed by atoms with Crippen molar-refractivity contribution in [3.8, 4) is 0 Å². The molecule has 3 heteroatoms. The van der Waals surface area contributed by atoms with Gasteiger partial charge in [-0.1, -0.05) is 20.8 Å². The van der Waals surface area contributed by atoms with E-state index in [0.29, 0.717) is 0 Å². The van der Waals surface area contributed by atoms with Crippen molar-refractivity contribution in [1.29, 1.82) is 0 Å². The highest BCUT2D eigenvalue weighted by atomic mass is 28.4. The van der Waals surface area contributed by atoms with Crippen LogP contribution >= 0.6 is 0 Å². The molecular weight excluding hydrogens is 202 g/mol. The second-order valence-electron chi connectivity index (χ2n) is 4.65. The maximum absolute atomic E-state index is 6.18. The molecule has 0 radical (unpaired) electrons. The highest BCUT2D eigenvalue weighted by molar-refractivity contribution is 6.73. The molecule has 0 aromatic rings. The van der Waals surface area contributed by atoms with E-state index in [1.54, 1.807) is 0 Å². The molecule has 0 aliphatic rings. The molecule has 0 aromatic carbocycles. The molecule has 0 aromatic heterocycles. The van der Waals surface area contributed by atoms with Crippen LogP contribution in [0, 0.1) is 0 Å². The molecule has 0 atom stereocenters. The van der Waals surface area contributed by atoms with Gasteiger partial charge in [-0.15, -0.1) is 0 Å². The molecule has 0 aliphatic heterocycles. The molecule has 0 spiro atoms. The minimum absolute atomic E-state index is 0.968. The third kappa shape index (κ3) is 6.33. The van der Waals surface area contributed by atoms with E-state index in [1.165, 1.54) is 31.1 Å². The molecule has 0 N–H and O–H groups in total. The fourth-order valence-corrected chi connectivity index (χ4v) is 5.12. The van der Waals surface area contributed by atoms with Gasteiger partial charge >= 0.3 is 0 Å². The van der Waals surface area contributed by atoms with Crippen molar-refractivity contribution < 1.29 is 4.43 Å². The van der Waals surface area contributed by atoms with Gasteiger partial charge in [0.05, 0.1) is 0 Å². The van der Waals surface area contributed by atoms with Gasteiger partial charge in [-0.05, 0) is 51.6 Å². The predicted molar refractivity (Wildman–Crippen MR) is 70.9 cm³/mol. The number of hydrogen-bond donors (Lipinski definition) is 0. The van der Waals surface area contributed by atoms with Crippen molar-refractivity contribution in [1.82, 2.24) is 4.90 Å². The van der Waals surface area contributed by atoms with E-state index in [-0.39, 0.29) is 0 Å². The summed E-state index contributed by atoms with van der Waals surface area (Å²) in [6, 6.07) is 3.88. The van der Waals surface area contributed by atoms with E-state index in [9.17, 15) is 0 Å². The topological polar surface area (TPSA) is 12.5 Å². The maximum Gasteiger partial charge on any atom is 0.192 e. The second kappa shape index (κ2) is 8.31. The average Bonchev–Trinajstić information content (AvgIpc) is 2.23.